The van der Waals surface area contributed by atoms with E-state index in [1.54, 1.807) is 0 Å². The van der Waals surface area contributed by atoms with Crippen LogP contribution >= 0.6 is 0 Å². The second kappa shape index (κ2) is 4.17. The summed E-state index contributed by atoms with van der Waals surface area (Å²) in [6, 6.07) is 9.76. The van der Waals surface area contributed by atoms with Gasteiger partial charge in [0.2, 0.25) is 0 Å². The smallest absolute Gasteiger partial charge is 0.150 e. The minimum Gasteiger partial charge on any atom is -0.357 e. The number of pyridine rings is 1. The highest BCUT2D eigenvalue weighted by Crippen LogP contribution is 2.21. The third-order valence-corrected chi connectivity index (χ3v) is 3.27. The van der Waals surface area contributed by atoms with E-state index < -0.39 is 0 Å². The molecule has 0 atom stereocenters. The first-order chi connectivity index (χ1) is 8.36. The number of carbonyl (C=O) groups is 1. The molecular weight excluding hydrogens is 212 g/mol. The van der Waals surface area contributed by atoms with Crippen molar-refractivity contribution in [2.24, 2.45) is 0 Å². The first-order valence-electron chi connectivity index (χ1n) is 5.98. The Morgan fingerprint density at radius 3 is 2.65 bits per heavy atom. The standard InChI is InChI=1S/C14H14N2O/c17-10-11-3-4-12-5-6-14(15-13(12)9-11)16-7-1-2-8-16/h3-6,9-10H,1-2,7-8H2. The summed E-state index contributed by atoms with van der Waals surface area (Å²) in [5.74, 6) is 1.03. The quantitative estimate of drug-likeness (QED) is 0.738. The first-order valence-corrected chi connectivity index (χ1v) is 5.98. The number of aldehydes is 1. The summed E-state index contributed by atoms with van der Waals surface area (Å²) >= 11 is 0. The van der Waals surface area contributed by atoms with Crippen molar-refractivity contribution in [3.63, 3.8) is 0 Å². The first kappa shape index (κ1) is 10.3. The zero-order valence-corrected chi connectivity index (χ0v) is 9.60. The molecule has 0 bridgehead atoms. The van der Waals surface area contributed by atoms with Crippen molar-refractivity contribution in [1.82, 2.24) is 4.98 Å². The van der Waals surface area contributed by atoms with Crippen LogP contribution in [0.2, 0.25) is 0 Å². The van der Waals surface area contributed by atoms with E-state index in [-0.39, 0.29) is 0 Å². The fraction of sp³-hybridized carbons (Fsp3) is 0.286. The lowest BCUT2D eigenvalue weighted by Crippen LogP contribution is -2.18. The number of nitrogens with zero attached hydrogens (tertiary/aromatic N) is 2. The summed E-state index contributed by atoms with van der Waals surface area (Å²) in [6.45, 7) is 2.18. The predicted molar refractivity (Wildman–Crippen MR) is 68.6 cm³/mol. The monoisotopic (exact) mass is 226 g/mol. The van der Waals surface area contributed by atoms with Gasteiger partial charge in [-0.2, -0.15) is 0 Å². The van der Waals surface area contributed by atoms with E-state index in [0.717, 1.165) is 36.1 Å². The van der Waals surface area contributed by atoms with E-state index in [4.69, 9.17) is 0 Å². The molecule has 1 aromatic heterocycles. The van der Waals surface area contributed by atoms with Crippen LogP contribution in [-0.4, -0.2) is 24.4 Å². The molecule has 0 spiro atoms. The molecule has 2 heterocycles. The van der Waals surface area contributed by atoms with Gasteiger partial charge in [0, 0.05) is 24.0 Å². The van der Waals surface area contributed by atoms with Crippen molar-refractivity contribution in [3.05, 3.63) is 35.9 Å². The third-order valence-electron chi connectivity index (χ3n) is 3.27. The molecule has 1 fully saturated rings. The van der Waals surface area contributed by atoms with E-state index in [9.17, 15) is 4.79 Å². The van der Waals surface area contributed by atoms with Crippen molar-refractivity contribution in [3.8, 4) is 0 Å². The average Bonchev–Trinajstić information content (AvgIpc) is 2.91. The van der Waals surface area contributed by atoms with Crippen LogP contribution in [0.4, 0.5) is 5.82 Å². The maximum Gasteiger partial charge on any atom is 0.150 e. The maximum absolute atomic E-state index is 10.8. The molecule has 0 radical (unpaired) electrons. The van der Waals surface area contributed by atoms with Gasteiger partial charge in [0.05, 0.1) is 5.52 Å². The molecular formula is C14H14N2O. The van der Waals surface area contributed by atoms with Crippen LogP contribution < -0.4 is 4.90 Å². The Kier molecular flexibility index (Phi) is 2.52. The number of anilines is 1. The number of hydrogen-bond donors (Lipinski definition) is 0. The average molecular weight is 226 g/mol. The maximum atomic E-state index is 10.8. The van der Waals surface area contributed by atoms with Crippen molar-refractivity contribution in [1.29, 1.82) is 0 Å². The molecule has 1 aromatic carbocycles. The number of hydrogen-bond acceptors (Lipinski definition) is 3. The molecule has 0 saturated carbocycles. The van der Waals surface area contributed by atoms with E-state index in [1.165, 1.54) is 12.8 Å². The van der Waals surface area contributed by atoms with E-state index in [2.05, 4.69) is 22.0 Å². The molecule has 1 saturated heterocycles. The summed E-state index contributed by atoms with van der Waals surface area (Å²) in [5.41, 5.74) is 1.59. The Morgan fingerprint density at radius 1 is 1.12 bits per heavy atom. The number of carbonyl (C=O) groups excluding carboxylic acids is 1. The van der Waals surface area contributed by atoms with E-state index in [1.807, 2.05) is 18.2 Å². The molecule has 86 valence electrons. The summed E-state index contributed by atoms with van der Waals surface area (Å²) in [4.78, 5) is 17.7. The van der Waals surface area contributed by atoms with Crippen molar-refractivity contribution >= 4 is 23.0 Å². The Balaban J connectivity index is 2.06. The van der Waals surface area contributed by atoms with Crippen LogP contribution in [0.5, 0.6) is 0 Å². The molecule has 2 aromatic rings. The Labute approximate surface area is 100 Å². The Morgan fingerprint density at radius 2 is 1.88 bits per heavy atom. The fourth-order valence-corrected chi connectivity index (χ4v) is 2.32. The minimum atomic E-state index is 0.684. The van der Waals surface area contributed by atoms with Crippen molar-refractivity contribution in [2.75, 3.05) is 18.0 Å². The zero-order chi connectivity index (χ0) is 11.7. The van der Waals surface area contributed by atoms with E-state index >= 15 is 0 Å². The van der Waals surface area contributed by atoms with Crippen molar-refractivity contribution in [2.45, 2.75) is 12.8 Å². The second-order valence-corrected chi connectivity index (χ2v) is 4.43. The minimum absolute atomic E-state index is 0.684. The molecule has 0 N–H and O–H groups in total. The largest absolute Gasteiger partial charge is 0.357 e. The molecule has 1 aliphatic heterocycles. The van der Waals surface area contributed by atoms with Gasteiger partial charge >= 0.3 is 0 Å². The summed E-state index contributed by atoms with van der Waals surface area (Å²) in [5, 5.41) is 1.08. The molecule has 0 aliphatic carbocycles. The lowest BCUT2D eigenvalue weighted by molar-refractivity contribution is 0.112. The molecule has 1 aliphatic rings. The highest BCUT2D eigenvalue weighted by Gasteiger charge is 2.13. The number of benzene rings is 1. The Bertz CT molecular complexity index is 559. The van der Waals surface area contributed by atoms with Gasteiger partial charge in [-0.05, 0) is 31.0 Å². The van der Waals surface area contributed by atoms with E-state index in [0.29, 0.717) is 5.56 Å². The van der Waals surface area contributed by atoms with Crippen LogP contribution in [0.3, 0.4) is 0 Å². The van der Waals surface area contributed by atoms with Gasteiger partial charge in [-0.25, -0.2) is 4.98 Å². The topological polar surface area (TPSA) is 33.2 Å². The highest BCUT2D eigenvalue weighted by molar-refractivity contribution is 5.87. The normalized spacial score (nSPS) is 15.4. The lowest BCUT2D eigenvalue weighted by atomic mass is 10.1. The van der Waals surface area contributed by atoms with Gasteiger partial charge in [-0.1, -0.05) is 12.1 Å². The molecule has 0 unspecified atom stereocenters. The molecule has 3 rings (SSSR count). The zero-order valence-electron chi connectivity index (χ0n) is 9.60. The van der Waals surface area contributed by atoms with Gasteiger partial charge < -0.3 is 4.90 Å². The summed E-state index contributed by atoms with van der Waals surface area (Å²) in [7, 11) is 0. The predicted octanol–water partition coefficient (Wildman–Crippen LogP) is 2.65. The van der Waals surface area contributed by atoms with Crippen LogP contribution in [0, 0.1) is 0 Å². The van der Waals surface area contributed by atoms with Crippen LogP contribution in [-0.2, 0) is 0 Å². The number of fused-ring (bicyclic) bond motifs is 1. The molecule has 0 amide bonds. The van der Waals surface area contributed by atoms with Crippen molar-refractivity contribution < 1.29 is 4.79 Å². The highest BCUT2D eigenvalue weighted by atomic mass is 16.1. The fourth-order valence-electron chi connectivity index (χ4n) is 2.32. The van der Waals surface area contributed by atoms with Crippen LogP contribution in [0.1, 0.15) is 23.2 Å². The van der Waals surface area contributed by atoms with Gasteiger partial charge in [0.15, 0.2) is 0 Å². The second-order valence-electron chi connectivity index (χ2n) is 4.43. The molecule has 3 heteroatoms. The molecule has 3 nitrogen and oxygen atoms in total. The van der Waals surface area contributed by atoms with Crippen LogP contribution in [0.25, 0.3) is 10.9 Å². The molecule has 17 heavy (non-hydrogen) atoms. The van der Waals surface area contributed by atoms with Gasteiger partial charge in [-0.15, -0.1) is 0 Å². The lowest BCUT2D eigenvalue weighted by Gasteiger charge is -2.16. The third kappa shape index (κ3) is 1.88. The number of aromatic nitrogens is 1. The summed E-state index contributed by atoms with van der Waals surface area (Å²) < 4.78 is 0. The summed E-state index contributed by atoms with van der Waals surface area (Å²) in [6.07, 6.45) is 3.35. The van der Waals surface area contributed by atoms with Gasteiger partial charge in [0.1, 0.15) is 12.1 Å². The number of rotatable bonds is 2. The van der Waals surface area contributed by atoms with Gasteiger partial charge in [0.25, 0.3) is 0 Å². The SMILES string of the molecule is O=Cc1ccc2ccc(N3CCCC3)nc2c1. The Hall–Kier alpha value is -1.90. The van der Waals surface area contributed by atoms with Gasteiger partial charge in [-0.3, -0.25) is 4.79 Å². The van der Waals surface area contributed by atoms with Crippen LogP contribution in [0.15, 0.2) is 30.3 Å².